The SMILES string of the molecule is Cc1ccc(C(C)NC2CCCNCC2)cc1. The summed E-state index contributed by atoms with van der Waals surface area (Å²) < 4.78 is 0. The normalized spacial score (nSPS) is 23.1. The smallest absolute Gasteiger partial charge is 0.0294 e. The fraction of sp³-hybridized carbons (Fsp3) is 0.600. The van der Waals surface area contributed by atoms with E-state index in [2.05, 4.69) is 48.7 Å². The summed E-state index contributed by atoms with van der Waals surface area (Å²) in [5, 5.41) is 7.21. The predicted octanol–water partition coefficient (Wildman–Crippen LogP) is 2.79. The highest BCUT2D eigenvalue weighted by Crippen LogP contribution is 2.16. The summed E-state index contributed by atoms with van der Waals surface area (Å²) in [6.07, 6.45) is 3.83. The van der Waals surface area contributed by atoms with Crippen molar-refractivity contribution in [3.63, 3.8) is 0 Å². The third-order valence-electron chi connectivity index (χ3n) is 3.64. The maximum absolute atomic E-state index is 3.75. The fourth-order valence-electron chi connectivity index (χ4n) is 2.49. The van der Waals surface area contributed by atoms with Crippen molar-refractivity contribution >= 4 is 0 Å². The van der Waals surface area contributed by atoms with Crippen molar-refractivity contribution in [2.75, 3.05) is 13.1 Å². The number of hydrogen-bond acceptors (Lipinski definition) is 2. The average molecular weight is 232 g/mol. The Kier molecular flexibility index (Phi) is 4.57. The van der Waals surface area contributed by atoms with Gasteiger partial charge in [0.05, 0.1) is 0 Å². The Morgan fingerprint density at radius 3 is 2.71 bits per heavy atom. The number of nitrogens with one attached hydrogen (secondary N) is 2. The molecule has 1 aromatic rings. The molecule has 2 unspecified atom stereocenters. The molecule has 0 bridgehead atoms. The molecule has 0 amide bonds. The standard InChI is InChI=1S/C15H24N2/c1-12-5-7-14(8-6-12)13(2)17-15-4-3-10-16-11-9-15/h5-8,13,15-17H,3-4,9-11H2,1-2H3. The van der Waals surface area contributed by atoms with E-state index in [9.17, 15) is 0 Å². The molecule has 0 aromatic heterocycles. The van der Waals surface area contributed by atoms with Gasteiger partial charge in [-0.05, 0) is 51.8 Å². The van der Waals surface area contributed by atoms with Crippen LogP contribution in [0.5, 0.6) is 0 Å². The van der Waals surface area contributed by atoms with E-state index in [0.29, 0.717) is 12.1 Å². The van der Waals surface area contributed by atoms with E-state index in [0.717, 1.165) is 6.54 Å². The van der Waals surface area contributed by atoms with Gasteiger partial charge in [0, 0.05) is 12.1 Å². The minimum Gasteiger partial charge on any atom is -0.317 e. The summed E-state index contributed by atoms with van der Waals surface area (Å²) in [5.41, 5.74) is 2.73. The second-order valence-corrected chi connectivity index (χ2v) is 5.18. The number of benzene rings is 1. The molecule has 2 atom stereocenters. The summed E-state index contributed by atoms with van der Waals surface area (Å²) in [5.74, 6) is 0. The minimum atomic E-state index is 0.457. The molecule has 1 aliphatic rings. The van der Waals surface area contributed by atoms with Crippen LogP contribution in [0.2, 0.25) is 0 Å². The van der Waals surface area contributed by atoms with E-state index in [1.54, 1.807) is 0 Å². The Morgan fingerprint density at radius 2 is 1.94 bits per heavy atom. The fourth-order valence-corrected chi connectivity index (χ4v) is 2.49. The third kappa shape index (κ3) is 3.83. The van der Waals surface area contributed by atoms with E-state index in [1.807, 2.05) is 0 Å². The van der Waals surface area contributed by atoms with Crippen LogP contribution in [0, 0.1) is 6.92 Å². The van der Waals surface area contributed by atoms with Gasteiger partial charge in [0.1, 0.15) is 0 Å². The zero-order valence-electron chi connectivity index (χ0n) is 11.0. The van der Waals surface area contributed by atoms with Crippen molar-refractivity contribution in [2.24, 2.45) is 0 Å². The molecule has 0 aliphatic carbocycles. The first-order valence-corrected chi connectivity index (χ1v) is 6.79. The van der Waals surface area contributed by atoms with Crippen LogP contribution in [-0.2, 0) is 0 Å². The summed E-state index contributed by atoms with van der Waals surface area (Å²) in [6, 6.07) is 9.99. The lowest BCUT2D eigenvalue weighted by Crippen LogP contribution is -2.32. The average Bonchev–Trinajstić information content (AvgIpc) is 2.58. The lowest BCUT2D eigenvalue weighted by Gasteiger charge is -2.22. The minimum absolute atomic E-state index is 0.457. The van der Waals surface area contributed by atoms with E-state index in [1.165, 1.54) is 36.9 Å². The van der Waals surface area contributed by atoms with Crippen molar-refractivity contribution in [1.82, 2.24) is 10.6 Å². The highest BCUT2D eigenvalue weighted by Gasteiger charge is 2.14. The quantitative estimate of drug-likeness (QED) is 0.837. The number of hydrogen-bond donors (Lipinski definition) is 2. The predicted molar refractivity (Wildman–Crippen MR) is 73.2 cm³/mol. The van der Waals surface area contributed by atoms with Crippen LogP contribution in [0.4, 0.5) is 0 Å². The monoisotopic (exact) mass is 232 g/mol. The van der Waals surface area contributed by atoms with Gasteiger partial charge in [-0.15, -0.1) is 0 Å². The van der Waals surface area contributed by atoms with Gasteiger partial charge in [0.25, 0.3) is 0 Å². The first-order valence-electron chi connectivity index (χ1n) is 6.79. The molecular formula is C15H24N2. The van der Waals surface area contributed by atoms with Gasteiger partial charge in [-0.3, -0.25) is 0 Å². The Balaban J connectivity index is 1.91. The van der Waals surface area contributed by atoms with Gasteiger partial charge in [-0.2, -0.15) is 0 Å². The van der Waals surface area contributed by atoms with Crippen molar-refractivity contribution < 1.29 is 0 Å². The van der Waals surface area contributed by atoms with E-state index in [4.69, 9.17) is 0 Å². The second kappa shape index (κ2) is 6.18. The lowest BCUT2D eigenvalue weighted by atomic mass is 10.0. The van der Waals surface area contributed by atoms with Gasteiger partial charge in [0.15, 0.2) is 0 Å². The Morgan fingerprint density at radius 1 is 1.18 bits per heavy atom. The van der Waals surface area contributed by atoms with E-state index in [-0.39, 0.29) is 0 Å². The number of rotatable bonds is 3. The van der Waals surface area contributed by atoms with Gasteiger partial charge >= 0.3 is 0 Å². The summed E-state index contributed by atoms with van der Waals surface area (Å²) in [7, 11) is 0. The molecular weight excluding hydrogens is 208 g/mol. The molecule has 1 fully saturated rings. The molecule has 17 heavy (non-hydrogen) atoms. The molecule has 2 heteroatoms. The Hall–Kier alpha value is -0.860. The number of aryl methyl sites for hydroxylation is 1. The lowest BCUT2D eigenvalue weighted by molar-refractivity contribution is 0.421. The van der Waals surface area contributed by atoms with Crippen molar-refractivity contribution in [3.8, 4) is 0 Å². The van der Waals surface area contributed by atoms with Gasteiger partial charge < -0.3 is 10.6 Å². The molecule has 2 N–H and O–H groups in total. The van der Waals surface area contributed by atoms with Crippen LogP contribution in [0.25, 0.3) is 0 Å². The van der Waals surface area contributed by atoms with E-state index < -0.39 is 0 Å². The largest absolute Gasteiger partial charge is 0.317 e. The zero-order chi connectivity index (χ0) is 12.1. The third-order valence-corrected chi connectivity index (χ3v) is 3.64. The highest BCUT2D eigenvalue weighted by molar-refractivity contribution is 5.23. The molecule has 1 aromatic carbocycles. The molecule has 0 saturated carbocycles. The van der Waals surface area contributed by atoms with Gasteiger partial charge in [-0.1, -0.05) is 29.8 Å². The maximum atomic E-state index is 3.75. The first-order chi connectivity index (χ1) is 8.25. The molecule has 1 heterocycles. The molecule has 0 radical (unpaired) electrons. The second-order valence-electron chi connectivity index (χ2n) is 5.18. The Labute approximate surface area is 105 Å². The zero-order valence-corrected chi connectivity index (χ0v) is 11.0. The van der Waals surface area contributed by atoms with Crippen LogP contribution in [0.3, 0.4) is 0 Å². The Bertz CT molecular complexity index is 323. The van der Waals surface area contributed by atoms with Crippen LogP contribution < -0.4 is 10.6 Å². The van der Waals surface area contributed by atoms with Gasteiger partial charge in [0.2, 0.25) is 0 Å². The molecule has 2 rings (SSSR count). The topological polar surface area (TPSA) is 24.1 Å². The van der Waals surface area contributed by atoms with Crippen molar-refractivity contribution in [2.45, 2.75) is 45.2 Å². The summed E-state index contributed by atoms with van der Waals surface area (Å²) in [4.78, 5) is 0. The molecule has 0 spiro atoms. The van der Waals surface area contributed by atoms with E-state index >= 15 is 0 Å². The molecule has 1 saturated heterocycles. The van der Waals surface area contributed by atoms with Crippen molar-refractivity contribution in [3.05, 3.63) is 35.4 Å². The highest BCUT2D eigenvalue weighted by atomic mass is 15.0. The van der Waals surface area contributed by atoms with Gasteiger partial charge in [-0.25, -0.2) is 0 Å². The van der Waals surface area contributed by atoms with Crippen LogP contribution >= 0.6 is 0 Å². The maximum Gasteiger partial charge on any atom is 0.0294 e. The molecule has 1 aliphatic heterocycles. The van der Waals surface area contributed by atoms with Crippen LogP contribution in [-0.4, -0.2) is 19.1 Å². The first kappa shape index (κ1) is 12.6. The summed E-state index contributed by atoms with van der Waals surface area (Å²) >= 11 is 0. The molecule has 94 valence electrons. The van der Waals surface area contributed by atoms with Crippen molar-refractivity contribution in [1.29, 1.82) is 0 Å². The van der Waals surface area contributed by atoms with Crippen LogP contribution in [0.15, 0.2) is 24.3 Å². The molecule has 2 nitrogen and oxygen atoms in total. The summed E-state index contributed by atoms with van der Waals surface area (Å²) in [6.45, 7) is 6.73. The van der Waals surface area contributed by atoms with Crippen LogP contribution in [0.1, 0.15) is 43.4 Å².